The minimum Gasteiger partial charge on any atom is -0.454 e. The molecule has 6 aliphatic rings. The lowest BCUT2D eigenvalue weighted by atomic mass is 9.44. The number of para-hydroxylation sites is 1. The Bertz CT molecular complexity index is 1290. The van der Waals surface area contributed by atoms with Crippen LogP contribution in [0.4, 0.5) is 5.69 Å². The predicted octanol–water partition coefficient (Wildman–Crippen LogP) is 2.22. The molecule has 3 N–H and O–H groups in total. The third kappa shape index (κ3) is 3.21. The fourth-order valence-corrected chi connectivity index (χ4v) is 11.6. The van der Waals surface area contributed by atoms with Crippen molar-refractivity contribution in [2.75, 3.05) is 39.7 Å². The van der Waals surface area contributed by atoms with E-state index in [2.05, 4.69) is 17.1 Å². The molecule has 1 aromatic rings. The molecule has 1 saturated heterocycles. The molecule has 42 heavy (non-hydrogen) atoms. The molecule has 12 atom stereocenters. The van der Waals surface area contributed by atoms with Gasteiger partial charge in [0.05, 0.1) is 29.6 Å². The van der Waals surface area contributed by atoms with E-state index in [-0.39, 0.29) is 47.8 Å². The Morgan fingerprint density at radius 1 is 1.07 bits per heavy atom. The highest BCUT2D eigenvalue weighted by Crippen LogP contribution is 2.79. The fourth-order valence-electron chi connectivity index (χ4n) is 11.6. The van der Waals surface area contributed by atoms with Crippen LogP contribution in [-0.2, 0) is 23.7 Å². The first-order chi connectivity index (χ1) is 20.1. The molecule has 1 aromatic carbocycles. The first-order valence-corrected chi connectivity index (χ1v) is 15.4. The van der Waals surface area contributed by atoms with Crippen LogP contribution < -0.4 is 5.32 Å². The van der Waals surface area contributed by atoms with Gasteiger partial charge in [0.25, 0.3) is 0 Å². The highest BCUT2D eigenvalue weighted by Gasteiger charge is 2.89. The van der Waals surface area contributed by atoms with Crippen LogP contribution >= 0.6 is 0 Å². The van der Waals surface area contributed by atoms with Crippen LogP contribution in [0.25, 0.3) is 0 Å². The van der Waals surface area contributed by atoms with Crippen LogP contribution in [-0.4, -0.2) is 103 Å². The molecule has 0 radical (unpaired) electrons. The largest absolute Gasteiger partial charge is 0.454 e. The average molecular weight is 585 g/mol. The molecule has 1 spiro atoms. The predicted molar refractivity (Wildman–Crippen MR) is 152 cm³/mol. The second kappa shape index (κ2) is 9.46. The summed E-state index contributed by atoms with van der Waals surface area (Å²) >= 11 is 0. The minimum atomic E-state index is -1.48. The number of ether oxygens (including phenoxy) is 4. The van der Waals surface area contributed by atoms with Gasteiger partial charge in [-0.25, -0.2) is 4.79 Å². The third-order valence-corrected chi connectivity index (χ3v) is 12.6. The van der Waals surface area contributed by atoms with Crippen LogP contribution in [0.2, 0.25) is 0 Å². The summed E-state index contributed by atoms with van der Waals surface area (Å²) in [6.07, 6.45) is 1.91. The maximum absolute atomic E-state index is 14.0. The molecule has 7 rings (SSSR count). The van der Waals surface area contributed by atoms with E-state index < -0.39 is 34.3 Å². The number of likely N-dealkylation sites (tertiary alicyclic amines) is 1. The zero-order valence-electron chi connectivity index (χ0n) is 25.2. The molecule has 0 aromatic heterocycles. The van der Waals surface area contributed by atoms with Gasteiger partial charge in [-0.3, -0.25) is 9.69 Å². The van der Waals surface area contributed by atoms with Crippen molar-refractivity contribution in [1.29, 1.82) is 0 Å². The molecule has 5 saturated carbocycles. The van der Waals surface area contributed by atoms with E-state index in [4.69, 9.17) is 18.9 Å². The minimum absolute atomic E-state index is 0.0432. The molecule has 10 nitrogen and oxygen atoms in total. The number of methoxy groups -OCH3 is 3. The maximum atomic E-state index is 14.0. The highest BCUT2D eigenvalue weighted by atomic mass is 16.6. The number of piperidine rings is 1. The van der Waals surface area contributed by atoms with E-state index in [1.165, 1.54) is 6.92 Å². The van der Waals surface area contributed by atoms with Crippen molar-refractivity contribution in [3.63, 3.8) is 0 Å². The van der Waals surface area contributed by atoms with Crippen molar-refractivity contribution < 1.29 is 38.7 Å². The number of amides is 1. The van der Waals surface area contributed by atoms with Gasteiger partial charge in [-0.1, -0.05) is 19.1 Å². The van der Waals surface area contributed by atoms with Gasteiger partial charge in [-0.2, -0.15) is 0 Å². The van der Waals surface area contributed by atoms with Crippen molar-refractivity contribution >= 4 is 17.6 Å². The number of nitrogens with one attached hydrogen (secondary N) is 1. The number of hydrogen-bond donors (Lipinski definition) is 3. The summed E-state index contributed by atoms with van der Waals surface area (Å²) in [5, 5.41) is 28.4. The first-order valence-electron chi connectivity index (χ1n) is 15.4. The SMILES string of the molecule is CCN1C[C@@]2(OC(=O)c3ccccc3NC(C)=O)CC[C@@H](OC)[C@@]34[C@@H]1C(C[C@@H]23)[C@]1(O)C[C@@H](OC)[C@@H]2C[C@H]4[C@@]1(O)[C@@H]2OC. The monoisotopic (exact) mass is 584 g/mol. The van der Waals surface area contributed by atoms with E-state index in [1.54, 1.807) is 45.6 Å². The number of nitrogens with zero attached hydrogens (tertiary/aromatic N) is 1. The van der Waals surface area contributed by atoms with Gasteiger partial charge in [0.15, 0.2) is 0 Å². The van der Waals surface area contributed by atoms with Gasteiger partial charge in [0, 0.05) is 76.3 Å². The molecule has 1 heterocycles. The van der Waals surface area contributed by atoms with Crippen molar-refractivity contribution in [1.82, 2.24) is 4.90 Å². The quantitative estimate of drug-likeness (QED) is 0.414. The summed E-state index contributed by atoms with van der Waals surface area (Å²) in [5.74, 6) is -1.54. The maximum Gasteiger partial charge on any atom is 0.340 e. The molecule has 6 fully saturated rings. The van der Waals surface area contributed by atoms with Crippen molar-refractivity contribution in [2.45, 2.75) is 87.1 Å². The number of carbonyl (C=O) groups is 2. The second-order valence-corrected chi connectivity index (χ2v) is 13.7. The van der Waals surface area contributed by atoms with Crippen LogP contribution in [0.3, 0.4) is 0 Å². The molecule has 5 aliphatic carbocycles. The molecular weight excluding hydrogens is 540 g/mol. The molecule has 1 unspecified atom stereocenters. The number of hydrogen-bond acceptors (Lipinski definition) is 9. The van der Waals surface area contributed by atoms with Crippen LogP contribution in [0.1, 0.15) is 56.3 Å². The lowest BCUT2D eigenvalue weighted by Gasteiger charge is -2.70. The van der Waals surface area contributed by atoms with Crippen LogP contribution in [0.5, 0.6) is 0 Å². The Balaban J connectivity index is 1.38. The smallest absolute Gasteiger partial charge is 0.340 e. The number of carbonyl (C=O) groups excluding carboxylic acids is 2. The third-order valence-electron chi connectivity index (χ3n) is 12.6. The Kier molecular flexibility index (Phi) is 6.46. The first kappa shape index (κ1) is 28.7. The lowest BCUT2D eigenvalue weighted by Crippen LogP contribution is -2.83. The Morgan fingerprint density at radius 3 is 2.50 bits per heavy atom. The van der Waals surface area contributed by atoms with Crippen LogP contribution in [0.15, 0.2) is 24.3 Å². The number of aliphatic hydroxyl groups is 2. The van der Waals surface area contributed by atoms with Crippen molar-refractivity contribution in [3.05, 3.63) is 29.8 Å². The van der Waals surface area contributed by atoms with Gasteiger partial charge in [0.1, 0.15) is 16.8 Å². The van der Waals surface area contributed by atoms with Crippen molar-refractivity contribution in [3.8, 4) is 0 Å². The zero-order valence-corrected chi connectivity index (χ0v) is 25.2. The molecule has 7 bridgehead atoms. The number of benzene rings is 1. The number of fused-ring (bicyclic) bond motifs is 2. The van der Waals surface area contributed by atoms with Crippen LogP contribution in [0, 0.1) is 29.1 Å². The zero-order chi connectivity index (χ0) is 29.8. The van der Waals surface area contributed by atoms with Gasteiger partial charge in [0.2, 0.25) is 5.91 Å². The molecular formula is C32H44N2O8. The van der Waals surface area contributed by atoms with E-state index in [9.17, 15) is 19.8 Å². The molecule has 1 amide bonds. The number of anilines is 1. The van der Waals surface area contributed by atoms with E-state index >= 15 is 0 Å². The molecule has 1 aliphatic heterocycles. The van der Waals surface area contributed by atoms with E-state index in [0.717, 1.165) is 0 Å². The number of rotatable bonds is 7. The Morgan fingerprint density at radius 2 is 1.83 bits per heavy atom. The standard InChI is InChI=1S/C32H44N2O8/c1-6-34-16-29(42-28(36)18-9-7-8-10-21(18)33-17(2)35)12-11-25(40-4)31-23(29)14-20(26(31)34)30(37)15-22(39-3)19-13-24(31)32(30,38)27(19)41-5/h7-10,19-20,22-27,37-38H,6,11-16H2,1-5H3,(H,33,35)/t19-,20?,22+,23-,24+,25+,26-,27+,29-,30+,31+,32+/m0/s1. The highest BCUT2D eigenvalue weighted by molar-refractivity contribution is 6.00. The van der Waals surface area contributed by atoms with E-state index in [1.807, 2.05) is 0 Å². The fraction of sp³-hybridized carbons (Fsp3) is 0.750. The topological polar surface area (TPSA) is 127 Å². The summed E-state index contributed by atoms with van der Waals surface area (Å²) in [7, 11) is 5.05. The van der Waals surface area contributed by atoms with Gasteiger partial charge in [-0.15, -0.1) is 0 Å². The summed E-state index contributed by atoms with van der Waals surface area (Å²) in [5.41, 5.74) is -3.57. The molecule has 10 heteroatoms. The number of esters is 1. The van der Waals surface area contributed by atoms with Gasteiger partial charge in [-0.05, 0) is 44.4 Å². The number of likely N-dealkylation sites (N-methyl/N-ethyl adjacent to an activating group) is 1. The summed E-state index contributed by atoms with van der Waals surface area (Å²) in [6, 6.07) is 6.89. The summed E-state index contributed by atoms with van der Waals surface area (Å²) < 4.78 is 25.1. The van der Waals surface area contributed by atoms with Crippen molar-refractivity contribution in [2.24, 2.45) is 29.1 Å². The van der Waals surface area contributed by atoms with Gasteiger partial charge >= 0.3 is 5.97 Å². The second-order valence-electron chi connectivity index (χ2n) is 13.7. The lowest BCUT2D eigenvalue weighted by molar-refractivity contribution is -0.337. The molecule has 230 valence electrons. The summed E-state index contributed by atoms with van der Waals surface area (Å²) in [6.45, 7) is 4.79. The Hall–Kier alpha value is -2.08. The van der Waals surface area contributed by atoms with E-state index in [0.29, 0.717) is 56.4 Å². The average Bonchev–Trinajstić information content (AvgIpc) is 3.39. The Labute approximate surface area is 247 Å². The van der Waals surface area contributed by atoms with Gasteiger partial charge < -0.3 is 34.5 Å². The normalized spacial score (nSPS) is 48.2. The summed E-state index contributed by atoms with van der Waals surface area (Å²) in [4.78, 5) is 28.3.